The van der Waals surface area contributed by atoms with Crippen LogP contribution < -0.4 is 14.8 Å². The van der Waals surface area contributed by atoms with Gasteiger partial charge >= 0.3 is 5.97 Å². The van der Waals surface area contributed by atoms with Crippen LogP contribution in [0.25, 0.3) is 0 Å². The summed E-state index contributed by atoms with van der Waals surface area (Å²) in [6, 6.07) is 14.6. The molecule has 0 heterocycles. The summed E-state index contributed by atoms with van der Waals surface area (Å²) in [5.74, 6) is 0.182. The van der Waals surface area contributed by atoms with Crippen LogP contribution in [-0.4, -0.2) is 37.2 Å². The minimum atomic E-state index is -1.01. The van der Waals surface area contributed by atoms with Crippen LogP contribution in [0.15, 0.2) is 48.5 Å². The third-order valence-corrected chi connectivity index (χ3v) is 3.52. The van der Waals surface area contributed by atoms with Gasteiger partial charge in [-0.05, 0) is 41.8 Å². The van der Waals surface area contributed by atoms with E-state index in [0.29, 0.717) is 25.1 Å². The molecule has 6 nitrogen and oxygen atoms in total. The van der Waals surface area contributed by atoms with Crippen molar-refractivity contribution in [1.82, 2.24) is 5.32 Å². The van der Waals surface area contributed by atoms with E-state index in [1.807, 2.05) is 36.4 Å². The maximum absolute atomic E-state index is 12.0. The van der Waals surface area contributed by atoms with Crippen LogP contribution in [-0.2, 0) is 22.4 Å². The van der Waals surface area contributed by atoms with Gasteiger partial charge < -0.3 is 19.9 Å². The molecule has 25 heavy (non-hydrogen) atoms. The highest BCUT2D eigenvalue weighted by Crippen LogP contribution is 2.13. The standard InChI is InChI=1S/C19H21NO5/c1-24-17-4-2-3-15(11-17)12-18(21)20-10-9-14-5-7-16(8-6-14)25-13-19(22)23/h2-8,11H,9-10,12-13H2,1H3,(H,20,21)(H,22,23). The minimum Gasteiger partial charge on any atom is -0.497 e. The molecule has 0 bridgehead atoms. The van der Waals surface area contributed by atoms with E-state index in [1.165, 1.54) is 0 Å². The Kier molecular flexibility index (Phi) is 6.83. The molecule has 2 rings (SSSR count). The van der Waals surface area contributed by atoms with Crippen LogP contribution in [0.3, 0.4) is 0 Å². The molecule has 0 saturated heterocycles. The van der Waals surface area contributed by atoms with Crippen LogP contribution in [0.2, 0.25) is 0 Å². The van der Waals surface area contributed by atoms with E-state index < -0.39 is 5.97 Å². The minimum absolute atomic E-state index is 0.0466. The summed E-state index contributed by atoms with van der Waals surface area (Å²) in [7, 11) is 1.59. The Morgan fingerprint density at radius 1 is 1.04 bits per heavy atom. The van der Waals surface area contributed by atoms with E-state index >= 15 is 0 Å². The number of carboxylic acid groups (broad SMARTS) is 1. The number of hydrogen-bond donors (Lipinski definition) is 2. The Balaban J connectivity index is 1.74. The number of carboxylic acids is 1. The van der Waals surface area contributed by atoms with Crippen molar-refractivity contribution in [2.45, 2.75) is 12.8 Å². The molecule has 0 spiro atoms. The number of methoxy groups -OCH3 is 1. The first-order valence-corrected chi connectivity index (χ1v) is 7.90. The van der Waals surface area contributed by atoms with Gasteiger partial charge in [-0.25, -0.2) is 4.79 Å². The average molecular weight is 343 g/mol. The zero-order valence-electron chi connectivity index (χ0n) is 14.0. The number of aliphatic carboxylic acids is 1. The SMILES string of the molecule is COc1cccc(CC(=O)NCCc2ccc(OCC(=O)O)cc2)c1. The number of rotatable bonds is 9. The number of hydrogen-bond acceptors (Lipinski definition) is 4. The molecule has 0 fully saturated rings. The quantitative estimate of drug-likeness (QED) is 0.728. The Labute approximate surface area is 146 Å². The molecule has 1 amide bonds. The topological polar surface area (TPSA) is 84.9 Å². The third-order valence-electron chi connectivity index (χ3n) is 3.52. The lowest BCUT2D eigenvalue weighted by molar-refractivity contribution is -0.139. The molecule has 0 atom stereocenters. The van der Waals surface area contributed by atoms with Gasteiger partial charge in [0.25, 0.3) is 0 Å². The molecule has 0 aliphatic carbocycles. The molecule has 0 unspecified atom stereocenters. The van der Waals surface area contributed by atoms with Crippen LogP contribution in [0.4, 0.5) is 0 Å². The number of amides is 1. The normalized spacial score (nSPS) is 10.1. The zero-order valence-corrected chi connectivity index (χ0v) is 14.0. The first-order chi connectivity index (χ1) is 12.1. The summed E-state index contributed by atoms with van der Waals surface area (Å²) in [4.78, 5) is 22.4. The van der Waals surface area contributed by atoms with Gasteiger partial charge in [-0.15, -0.1) is 0 Å². The fourth-order valence-electron chi connectivity index (χ4n) is 2.27. The Bertz CT molecular complexity index is 712. The van der Waals surface area contributed by atoms with E-state index in [9.17, 15) is 9.59 Å². The molecule has 2 aromatic carbocycles. The lowest BCUT2D eigenvalue weighted by Gasteiger charge is -2.08. The van der Waals surface area contributed by atoms with Gasteiger partial charge in [-0.1, -0.05) is 24.3 Å². The summed E-state index contributed by atoms with van der Waals surface area (Å²) in [5.41, 5.74) is 1.93. The van der Waals surface area contributed by atoms with Crippen LogP contribution in [0, 0.1) is 0 Å². The van der Waals surface area contributed by atoms with E-state index in [4.69, 9.17) is 14.6 Å². The van der Waals surface area contributed by atoms with Crippen LogP contribution >= 0.6 is 0 Å². The molecule has 132 valence electrons. The van der Waals surface area contributed by atoms with E-state index in [0.717, 1.165) is 16.9 Å². The second-order valence-corrected chi connectivity index (χ2v) is 5.45. The van der Waals surface area contributed by atoms with Crippen molar-refractivity contribution < 1.29 is 24.2 Å². The summed E-state index contributed by atoms with van der Waals surface area (Å²) in [6.45, 7) is 0.164. The van der Waals surface area contributed by atoms with Crippen molar-refractivity contribution in [3.63, 3.8) is 0 Å². The lowest BCUT2D eigenvalue weighted by Crippen LogP contribution is -2.27. The predicted molar refractivity (Wildman–Crippen MR) is 93.0 cm³/mol. The summed E-state index contributed by atoms with van der Waals surface area (Å²) in [5, 5.41) is 11.4. The van der Waals surface area contributed by atoms with Crippen molar-refractivity contribution in [1.29, 1.82) is 0 Å². The van der Waals surface area contributed by atoms with E-state index in [-0.39, 0.29) is 12.5 Å². The zero-order chi connectivity index (χ0) is 18.1. The maximum Gasteiger partial charge on any atom is 0.341 e. The molecule has 0 aliphatic heterocycles. The number of ether oxygens (including phenoxy) is 2. The molecule has 0 aromatic heterocycles. The second kappa shape index (κ2) is 9.32. The molecule has 0 radical (unpaired) electrons. The molecule has 0 saturated carbocycles. The van der Waals surface area contributed by atoms with Gasteiger partial charge in [-0.2, -0.15) is 0 Å². The van der Waals surface area contributed by atoms with Crippen molar-refractivity contribution in [2.24, 2.45) is 0 Å². The van der Waals surface area contributed by atoms with Crippen molar-refractivity contribution in [3.8, 4) is 11.5 Å². The van der Waals surface area contributed by atoms with Crippen molar-refractivity contribution >= 4 is 11.9 Å². The average Bonchev–Trinajstić information content (AvgIpc) is 2.61. The lowest BCUT2D eigenvalue weighted by atomic mass is 10.1. The summed E-state index contributed by atoms with van der Waals surface area (Å²) < 4.78 is 10.2. The van der Waals surface area contributed by atoms with Crippen LogP contribution in [0.1, 0.15) is 11.1 Å². The highest BCUT2D eigenvalue weighted by Gasteiger charge is 2.05. The van der Waals surface area contributed by atoms with Gasteiger partial charge in [0.15, 0.2) is 6.61 Å². The molecular weight excluding hydrogens is 322 g/mol. The molecule has 0 aliphatic rings. The first kappa shape index (κ1) is 18.3. The largest absolute Gasteiger partial charge is 0.497 e. The number of carbonyl (C=O) groups is 2. The maximum atomic E-state index is 12.0. The van der Waals surface area contributed by atoms with Crippen molar-refractivity contribution in [3.05, 3.63) is 59.7 Å². The van der Waals surface area contributed by atoms with Crippen LogP contribution in [0.5, 0.6) is 11.5 Å². The molecule has 2 N–H and O–H groups in total. The Hall–Kier alpha value is -3.02. The number of nitrogens with one attached hydrogen (secondary N) is 1. The van der Waals surface area contributed by atoms with Gasteiger partial charge in [0.1, 0.15) is 11.5 Å². The summed E-state index contributed by atoms with van der Waals surface area (Å²) >= 11 is 0. The fourth-order valence-corrected chi connectivity index (χ4v) is 2.27. The van der Waals surface area contributed by atoms with Gasteiger partial charge in [0, 0.05) is 6.54 Å². The second-order valence-electron chi connectivity index (χ2n) is 5.45. The Morgan fingerprint density at radius 2 is 1.80 bits per heavy atom. The number of benzene rings is 2. The number of carbonyl (C=O) groups excluding carboxylic acids is 1. The van der Waals surface area contributed by atoms with Crippen molar-refractivity contribution in [2.75, 3.05) is 20.3 Å². The highest BCUT2D eigenvalue weighted by atomic mass is 16.5. The monoisotopic (exact) mass is 343 g/mol. The fraction of sp³-hybridized carbons (Fsp3) is 0.263. The third kappa shape index (κ3) is 6.55. The van der Waals surface area contributed by atoms with Gasteiger partial charge in [0.05, 0.1) is 13.5 Å². The first-order valence-electron chi connectivity index (χ1n) is 7.90. The highest BCUT2D eigenvalue weighted by molar-refractivity contribution is 5.78. The molecule has 2 aromatic rings. The smallest absolute Gasteiger partial charge is 0.341 e. The predicted octanol–water partition coefficient (Wildman–Crippen LogP) is 2.06. The van der Waals surface area contributed by atoms with Gasteiger partial charge in [0.2, 0.25) is 5.91 Å². The molecular formula is C19H21NO5. The molecule has 6 heteroatoms. The van der Waals surface area contributed by atoms with E-state index in [2.05, 4.69) is 5.32 Å². The van der Waals surface area contributed by atoms with Gasteiger partial charge in [-0.3, -0.25) is 4.79 Å². The summed E-state index contributed by atoms with van der Waals surface area (Å²) in [6.07, 6.45) is 0.988. The Morgan fingerprint density at radius 3 is 2.48 bits per heavy atom. The van der Waals surface area contributed by atoms with E-state index in [1.54, 1.807) is 19.2 Å².